The lowest BCUT2D eigenvalue weighted by Crippen LogP contribution is -2.40. The number of likely N-dealkylation sites (N-methyl/N-ethyl adjacent to an activating group) is 1. The molecule has 0 radical (unpaired) electrons. The summed E-state index contributed by atoms with van der Waals surface area (Å²) < 4.78 is 13.9. The molecule has 0 unspecified atom stereocenters. The Bertz CT molecular complexity index is 828. The van der Waals surface area contributed by atoms with Crippen molar-refractivity contribution >= 4 is 10.9 Å². The van der Waals surface area contributed by atoms with Crippen molar-refractivity contribution in [2.45, 2.75) is 19.1 Å². The van der Waals surface area contributed by atoms with E-state index in [1.165, 1.54) is 0 Å². The number of aromatic nitrogens is 3. The highest BCUT2D eigenvalue weighted by Crippen LogP contribution is 2.29. The smallest absolute Gasteiger partial charge is 0.264 e. The van der Waals surface area contributed by atoms with Crippen molar-refractivity contribution in [1.82, 2.24) is 19.7 Å². The van der Waals surface area contributed by atoms with E-state index in [0.29, 0.717) is 11.8 Å². The van der Waals surface area contributed by atoms with Crippen LogP contribution in [0.5, 0.6) is 0 Å². The molecule has 6 nitrogen and oxygen atoms in total. The van der Waals surface area contributed by atoms with Gasteiger partial charge in [0.1, 0.15) is 11.8 Å². The third-order valence-electron chi connectivity index (χ3n) is 4.33. The van der Waals surface area contributed by atoms with Gasteiger partial charge in [-0.15, -0.1) is 10.2 Å². The number of morpholine rings is 1. The molecule has 0 N–H and O–H groups in total. The first-order valence-corrected chi connectivity index (χ1v) is 7.84. The molecule has 0 aliphatic carbocycles. The molecule has 1 saturated heterocycles. The fourth-order valence-corrected chi connectivity index (χ4v) is 3.26. The number of nitrogens with zero attached hydrogens (tertiary/aromatic N) is 4. The first-order chi connectivity index (χ1) is 11.1. The van der Waals surface area contributed by atoms with Gasteiger partial charge in [-0.3, -0.25) is 0 Å². The highest BCUT2D eigenvalue weighted by atomic mass is 16.5. The summed E-state index contributed by atoms with van der Waals surface area (Å²) in [6, 6.07) is 10.3. The Kier molecular flexibility index (Phi) is 3.43. The van der Waals surface area contributed by atoms with Crippen LogP contribution < -0.4 is 0 Å². The van der Waals surface area contributed by atoms with Gasteiger partial charge in [0, 0.05) is 31.0 Å². The van der Waals surface area contributed by atoms with Gasteiger partial charge >= 0.3 is 0 Å². The first-order valence-electron chi connectivity index (χ1n) is 7.84. The number of benzene rings is 1. The summed E-state index contributed by atoms with van der Waals surface area (Å²) in [6.07, 6.45) is -0.00795. The first kappa shape index (κ1) is 14.4. The maximum Gasteiger partial charge on any atom is 0.264 e. The Labute approximate surface area is 134 Å². The van der Waals surface area contributed by atoms with E-state index in [1.54, 1.807) is 0 Å². The number of para-hydroxylation sites is 1. The zero-order valence-electron chi connectivity index (χ0n) is 13.6. The Morgan fingerprint density at radius 1 is 1.13 bits per heavy atom. The van der Waals surface area contributed by atoms with Crippen LogP contribution in [-0.4, -0.2) is 45.9 Å². The molecule has 1 fully saturated rings. The lowest BCUT2D eigenvalue weighted by molar-refractivity contribution is -0.0821. The van der Waals surface area contributed by atoms with E-state index >= 15 is 0 Å². The van der Waals surface area contributed by atoms with Crippen molar-refractivity contribution in [3.05, 3.63) is 36.2 Å². The lowest BCUT2D eigenvalue weighted by Gasteiger charge is -2.32. The van der Waals surface area contributed by atoms with Crippen molar-refractivity contribution in [2.75, 3.05) is 20.1 Å². The summed E-state index contributed by atoms with van der Waals surface area (Å²) in [6.45, 7) is 3.74. The van der Waals surface area contributed by atoms with Gasteiger partial charge in [0.2, 0.25) is 5.89 Å². The molecule has 0 spiro atoms. The largest absolute Gasteiger partial charge is 0.416 e. The lowest BCUT2D eigenvalue weighted by atomic mass is 10.2. The number of fused-ring (bicyclic) bond motifs is 1. The average Bonchev–Trinajstić information content (AvgIpc) is 3.12. The normalized spacial score (nSPS) is 22.7. The SMILES string of the molecule is C[C@@H]1CN(C)C[C@H](c2nnc(-c3cc4ccccc4n3C)o2)O1. The zero-order chi connectivity index (χ0) is 16.0. The van der Waals surface area contributed by atoms with Gasteiger partial charge in [-0.25, -0.2) is 0 Å². The monoisotopic (exact) mass is 312 g/mol. The third kappa shape index (κ3) is 2.54. The predicted molar refractivity (Wildman–Crippen MR) is 87.0 cm³/mol. The number of rotatable bonds is 2. The Morgan fingerprint density at radius 3 is 2.74 bits per heavy atom. The van der Waals surface area contributed by atoms with Gasteiger partial charge in [-0.05, 0) is 26.1 Å². The fourth-order valence-electron chi connectivity index (χ4n) is 3.26. The molecule has 1 aromatic carbocycles. The number of ether oxygens (including phenoxy) is 1. The molecule has 2 atom stereocenters. The molecule has 0 saturated carbocycles. The molecule has 1 aliphatic rings. The highest BCUT2D eigenvalue weighted by molar-refractivity contribution is 5.85. The quantitative estimate of drug-likeness (QED) is 0.728. The summed E-state index contributed by atoms with van der Waals surface area (Å²) >= 11 is 0. The molecule has 0 bridgehead atoms. The van der Waals surface area contributed by atoms with E-state index in [-0.39, 0.29) is 12.2 Å². The van der Waals surface area contributed by atoms with Crippen LogP contribution >= 0.6 is 0 Å². The van der Waals surface area contributed by atoms with Crippen LogP contribution in [0.25, 0.3) is 22.5 Å². The summed E-state index contributed by atoms with van der Waals surface area (Å²) in [5, 5.41) is 9.61. The van der Waals surface area contributed by atoms with Crippen molar-refractivity contribution in [3.8, 4) is 11.6 Å². The summed E-state index contributed by atoms with van der Waals surface area (Å²) in [5.41, 5.74) is 2.06. The summed E-state index contributed by atoms with van der Waals surface area (Å²) in [5.74, 6) is 1.08. The van der Waals surface area contributed by atoms with Gasteiger partial charge in [0.15, 0.2) is 0 Å². The van der Waals surface area contributed by atoms with Gasteiger partial charge in [-0.1, -0.05) is 18.2 Å². The molecule has 1 aliphatic heterocycles. The van der Waals surface area contributed by atoms with Gasteiger partial charge in [-0.2, -0.15) is 0 Å². The van der Waals surface area contributed by atoms with Crippen molar-refractivity contribution in [1.29, 1.82) is 0 Å². The van der Waals surface area contributed by atoms with Crippen LogP contribution in [0.15, 0.2) is 34.7 Å². The summed E-state index contributed by atoms with van der Waals surface area (Å²) in [4.78, 5) is 2.22. The van der Waals surface area contributed by atoms with Crippen LogP contribution in [0.2, 0.25) is 0 Å². The van der Waals surface area contributed by atoms with E-state index in [1.807, 2.05) is 19.2 Å². The Morgan fingerprint density at radius 2 is 1.96 bits per heavy atom. The van der Waals surface area contributed by atoms with Gasteiger partial charge in [0.05, 0.1) is 6.10 Å². The van der Waals surface area contributed by atoms with Crippen LogP contribution in [0.1, 0.15) is 18.9 Å². The molecule has 120 valence electrons. The topological polar surface area (TPSA) is 56.3 Å². The van der Waals surface area contributed by atoms with Crippen molar-refractivity contribution < 1.29 is 9.15 Å². The number of aryl methyl sites for hydroxylation is 1. The van der Waals surface area contributed by atoms with E-state index in [4.69, 9.17) is 9.15 Å². The van der Waals surface area contributed by atoms with Gasteiger partial charge in [0.25, 0.3) is 5.89 Å². The van der Waals surface area contributed by atoms with Crippen LogP contribution in [0, 0.1) is 0 Å². The standard InChI is InChI=1S/C17H20N4O2/c1-11-9-20(2)10-15(22-11)17-19-18-16(23-17)14-8-12-6-4-5-7-13(12)21(14)3/h4-8,11,15H,9-10H2,1-3H3/t11-,15-/m1/s1. The maximum atomic E-state index is 5.94. The van der Waals surface area contributed by atoms with E-state index in [9.17, 15) is 0 Å². The molecule has 6 heteroatoms. The molecule has 4 rings (SSSR count). The average molecular weight is 312 g/mol. The van der Waals surface area contributed by atoms with Crippen molar-refractivity contribution in [3.63, 3.8) is 0 Å². The van der Waals surface area contributed by atoms with Gasteiger partial charge < -0.3 is 18.6 Å². The molecule has 23 heavy (non-hydrogen) atoms. The minimum absolute atomic E-state index is 0.159. The van der Waals surface area contributed by atoms with Crippen LogP contribution in [0.4, 0.5) is 0 Å². The minimum atomic E-state index is -0.167. The molecular weight excluding hydrogens is 292 g/mol. The summed E-state index contributed by atoms with van der Waals surface area (Å²) in [7, 11) is 4.09. The second-order valence-corrected chi connectivity index (χ2v) is 6.25. The molecule has 3 heterocycles. The van der Waals surface area contributed by atoms with Crippen molar-refractivity contribution in [2.24, 2.45) is 7.05 Å². The minimum Gasteiger partial charge on any atom is -0.416 e. The van der Waals surface area contributed by atoms with Crippen LogP contribution in [-0.2, 0) is 11.8 Å². The molecule has 0 amide bonds. The van der Waals surface area contributed by atoms with E-state index < -0.39 is 0 Å². The Hall–Kier alpha value is -2.18. The second kappa shape index (κ2) is 5.47. The van der Waals surface area contributed by atoms with Crippen LogP contribution in [0.3, 0.4) is 0 Å². The number of hydrogen-bond donors (Lipinski definition) is 0. The Balaban J connectivity index is 1.68. The zero-order valence-corrected chi connectivity index (χ0v) is 13.6. The third-order valence-corrected chi connectivity index (χ3v) is 4.33. The number of hydrogen-bond acceptors (Lipinski definition) is 5. The predicted octanol–water partition coefficient (Wildman–Crippen LogP) is 2.62. The molecule has 2 aromatic heterocycles. The van der Waals surface area contributed by atoms with E-state index in [0.717, 1.165) is 29.7 Å². The molecular formula is C17H20N4O2. The highest BCUT2D eigenvalue weighted by Gasteiger charge is 2.29. The fraction of sp³-hybridized carbons (Fsp3) is 0.412. The molecule has 3 aromatic rings. The maximum absolute atomic E-state index is 5.94. The second-order valence-electron chi connectivity index (χ2n) is 6.25. The van der Waals surface area contributed by atoms with E-state index in [2.05, 4.69) is 51.8 Å².